The van der Waals surface area contributed by atoms with Crippen molar-refractivity contribution in [2.75, 3.05) is 0 Å². The lowest BCUT2D eigenvalue weighted by Crippen LogP contribution is -2.34. The fourth-order valence-electron chi connectivity index (χ4n) is 1.95. The highest BCUT2D eigenvalue weighted by atomic mass is 32.1. The van der Waals surface area contributed by atoms with Crippen molar-refractivity contribution in [2.24, 2.45) is 0 Å². The van der Waals surface area contributed by atoms with Crippen molar-refractivity contribution in [3.05, 3.63) is 51.5 Å². The number of benzene rings is 1. The predicted molar refractivity (Wildman–Crippen MR) is 80.6 cm³/mol. The third-order valence-electron chi connectivity index (χ3n) is 3.38. The molecule has 6 heteroatoms. The van der Waals surface area contributed by atoms with Crippen LogP contribution < -0.4 is 5.32 Å². The first-order valence-electron chi connectivity index (χ1n) is 6.42. The second-order valence-electron chi connectivity index (χ2n) is 4.90. The van der Waals surface area contributed by atoms with Crippen LogP contribution in [0.15, 0.2) is 23.6 Å². The van der Waals surface area contributed by atoms with Gasteiger partial charge in [-0.25, -0.2) is 4.79 Å². The Morgan fingerprint density at radius 1 is 1.24 bits per heavy atom. The number of carbonyl (C=O) groups is 2. The van der Waals surface area contributed by atoms with Gasteiger partial charge in [0.05, 0.1) is 11.3 Å². The van der Waals surface area contributed by atoms with Crippen molar-refractivity contribution in [1.82, 2.24) is 9.69 Å². The van der Waals surface area contributed by atoms with Gasteiger partial charge in [0.2, 0.25) is 0 Å². The molecule has 0 aliphatic heterocycles. The van der Waals surface area contributed by atoms with E-state index in [-0.39, 0.29) is 0 Å². The minimum Gasteiger partial charge on any atom is -0.479 e. The Kier molecular flexibility index (Phi) is 4.37. The molecule has 5 nitrogen and oxygen atoms in total. The Bertz CT molecular complexity index is 694. The highest BCUT2D eigenvalue weighted by Crippen LogP contribution is 2.19. The van der Waals surface area contributed by atoms with Crippen LogP contribution in [0.4, 0.5) is 0 Å². The quantitative estimate of drug-likeness (QED) is 0.910. The molecule has 1 unspecified atom stereocenters. The first kappa shape index (κ1) is 15.2. The van der Waals surface area contributed by atoms with Crippen LogP contribution in [-0.4, -0.2) is 21.4 Å². The van der Waals surface area contributed by atoms with E-state index in [1.807, 2.05) is 19.9 Å². The number of hydrogen-bond donors (Lipinski definition) is 2. The van der Waals surface area contributed by atoms with E-state index in [4.69, 9.17) is 0 Å². The molecule has 0 aliphatic rings. The second-order valence-corrected chi connectivity index (χ2v) is 5.53. The summed E-state index contributed by atoms with van der Waals surface area (Å²) >= 11 is 1.17. The summed E-state index contributed by atoms with van der Waals surface area (Å²) in [6.45, 7) is 5.58. The van der Waals surface area contributed by atoms with Gasteiger partial charge in [-0.05, 0) is 49.0 Å². The molecule has 1 amide bonds. The largest absolute Gasteiger partial charge is 0.479 e. The van der Waals surface area contributed by atoms with E-state index in [0.29, 0.717) is 16.8 Å². The van der Waals surface area contributed by atoms with Crippen molar-refractivity contribution in [3.8, 4) is 0 Å². The van der Waals surface area contributed by atoms with Crippen molar-refractivity contribution in [2.45, 2.75) is 26.8 Å². The van der Waals surface area contributed by atoms with Gasteiger partial charge in [0.1, 0.15) is 0 Å². The molecule has 2 N–H and O–H groups in total. The first-order valence-corrected chi connectivity index (χ1v) is 7.25. The molecule has 0 aliphatic carbocycles. The Morgan fingerprint density at radius 2 is 1.95 bits per heavy atom. The number of rotatable bonds is 4. The van der Waals surface area contributed by atoms with E-state index in [1.54, 1.807) is 24.4 Å². The molecule has 0 bridgehead atoms. The molecule has 0 radical (unpaired) electrons. The molecule has 0 saturated carbocycles. The Balaban J connectivity index is 2.28. The summed E-state index contributed by atoms with van der Waals surface area (Å²) in [7, 11) is 0. The maximum atomic E-state index is 12.2. The van der Waals surface area contributed by atoms with Gasteiger partial charge in [-0.3, -0.25) is 4.79 Å². The van der Waals surface area contributed by atoms with Gasteiger partial charge < -0.3 is 10.4 Å². The molecule has 0 spiro atoms. The standard InChI is InChI=1S/C15H16N2O3S/c1-8-4-5-11(6-9(8)2)13(15(19)20)16-14(18)12-7-21-17-10(12)3/h4-7,13H,1-3H3,(H,16,18)(H,19,20). The molecule has 1 aromatic heterocycles. The third-order valence-corrected chi connectivity index (χ3v) is 4.10. The Morgan fingerprint density at radius 3 is 2.48 bits per heavy atom. The van der Waals surface area contributed by atoms with Crippen LogP contribution >= 0.6 is 11.5 Å². The number of carboxylic acids is 1. The highest BCUT2D eigenvalue weighted by molar-refractivity contribution is 7.03. The first-order chi connectivity index (χ1) is 9.90. The summed E-state index contributed by atoms with van der Waals surface area (Å²) in [6, 6.07) is 4.29. The SMILES string of the molecule is Cc1ccc(C(NC(=O)c2csnc2C)C(=O)O)cc1C. The third kappa shape index (κ3) is 3.28. The van der Waals surface area contributed by atoms with Crippen molar-refractivity contribution >= 4 is 23.4 Å². The molecule has 0 fully saturated rings. The molecule has 110 valence electrons. The number of nitrogens with one attached hydrogen (secondary N) is 1. The van der Waals surface area contributed by atoms with Crippen molar-refractivity contribution in [3.63, 3.8) is 0 Å². The zero-order valence-electron chi connectivity index (χ0n) is 12.0. The second kappa shape index (κ2) is 6.05. The van der Waals surface area contributed by atoms with Gasteiger partial charge in [-0.15, -0.1) is 0 Å². The van der Waals surface area contributed by atoms with Crippen molar-refractivity contribution < 1.29 is 14.7 Å². The van der Waals surface area contributed by atoms with Gasteiger partial charge >= 0.3 is 5.97 Å². The minimum atomic E-state index is -1.09. The zero-order valence-corrected chi connectivity index (χ0v) is 12.8. The fourth-order valence-corrected chi connectivity index (χ4v) is 2.64. The van der Waals surface area contributed by atoms with Crippen LogP contribution in [-0.2, 0) is 4.79 Å². The summed E-state index contributed by atoms with van der Waals surface area (Å²) in [4.78, 5) is 23.6. The molecule has 1 heterocycles. The summed E-state index contributed by atoms with van der Waals surface area (Å²) in [5.74, 6) is -1.51. The van der Waals surface area contributed by atoms with Crippen LogP contribution in [0.1, 0.15) is 38.8 Å². The lowest BCUT2D eigenvalue weighted by atomic mass is 10.0. The number of aliphatic carboxylic acids is 1. The van der Waals surface area contributed by atoms with E-state index >= 15 is 0 Å². The van der Waals surface area contributed by atoms with Crippen molar-refractivity contribution in [1.29, 1.82) is 0 Å². The number of carbonyl (C=O) groups excluding carboxylic acids is 1. The Labute approximate surface area is 126 Å². The Hall–Kier alpha value is -2.21. The minimum absolute atomic E-state index is 0.412. The summed E-state index contributed by atoms with van der Waals surface area (Å²) in [5, 5.41) is 13.5. The van der Waals surface area contributed by atoms with E-state index < -0.39 is 17.9 Å². The average molecular weight is 304 g/mol. The van der Waals surface area contributed by atoms with Crippen LogP contribution in [0.3, 0.4) is 0 Å². The van der Waals surface area contributed by atoms with Gasteiger partial charge in [0.25, 0.3) is 5.91 Å². The smallest absolute Gasteiger partial charge is 0.330 e. The molecule has 0 saturated heterocycles. The summed E-state index contributed by atoms with van der Waals surface area (Å²) in [6.07, 6.45) is 0. The van der Waals surface area contributed by atoms with Crippen LogP contribution in [0.5, 0.6) is 0 Å². The summed E-state index contributed by atoms with van der Waals surface area (Å²) < 4.78 is 4.02. The van der Waals surface area contributed by atoms with E-state index in [2.05, 4.69) is 9.69 Å². The zero-order chi connectivity index (χ0) is 15.6. The maximum absolute atomic E-state index is 12.2. The molecule has 21 heavy (non-hydrogen) atoms. The highest BCUT2D eigenvalue weighted by Gasteiger charge is 2.24. The maximum Gasteiger partial charge on any atom is 0.330 e. The van der Waals surface area contributed by atoms with Gasteiger partial charge in [0, 0.05) is 5.38 Å². The lowest BCUT2D eigenvalue weighted by molar-refractivity contribution is -0.139. The number of nitrogens with zero attached hydrogens (tertiary/aromatic N) is 1. The molecule has 2 aromatic rings. The predicted octanol–water partition coefficient (Wildman–Crippen LogP) is 2.62. The van der Waals surface area contributed by atoms with E-state index in [0.717, 1.165) is 11.1 Å². The summed E-state index contributed by atoms with van der Waals surface area (Å²) in [5.41, 5.74) is 3.63. The van der Waals surface area contributed by atoms with Crippen LogP contribution in [0.25, 0.3) is 0 Å². The van der Waals surface area contributed by atoms with Gasteiger partial charge in [-0.1, -0.05) is 18.2 Å². The number of aromatic nitrogens is 1. The monoisotopic (exact) mass is 304 g/mol. The lowest BCUT2D eigenvalue weighted by Gasteiger charge is -2.16. The molecular weight excluding hydrogens is 288 g/mol. The van der Waals surface area contributed by atoms with Gasteiger partial charge in [-0.2, -0.15) is 4.37 Å². The molecule has 2 rings (SSSR count). The number of amides is 1. The van der Waals surface area contributed by atoms with Crippen LogP contribution in [0, 0.1) is 20.8 Å². The number of carboxylic acid groups (broad SMARTS) is 1. The normalized spacial score (nSPS) is 12.0. The average Bonchev–Trinajstić information content (AvgIpc) is 2.85. The molecular formula is C15H16N2O3S. The fraction of sp³-hybridized carbons (Fsp3) is 0.267. The number of hydrogen-bond acceptors (Lipinski definition) is 4. The number of aryl methyl sites for hydroxylation is 3. The van der Waals surface area contributed by atoms with Crippen LogP contribution in [0.2, 0.25) is 0 Å². The topological polar surface area (TPSA) is 79.3 Å². The molecule has 1 aromatic carbocycles. The molecule has 1 atom stereocenters. The van der Waals surface area contributed by atoms with E-state index in [1.165, 1.54) is 11.5 Å². The van der Waals surface area contributed by atoms with E-state index in [9.17, 15) is 14.7 Å². The van der Waals surface area contributed by atoms with Gasteiger partial charge in [0.15, 0.2) is 6.04 Å².